The summed E-state index contributed by atoms with van der Waals surface area (Å²) < 4.78 is 18.1. The highest BCUT2D eigenvalue weighted by molar-refractivity contribution is 7.13. The number of hydrogen-bond donors (Lipinski definition) is 0. The van der Waals surface area contributed by atoms with Crippen molar-refractivity contribution < 1.29 is 18.7 Å². The maximum atomic E-state index is 13.0. The molecule has 0 saturated carbocycles. The van der Waals surface area contributed by atoms with Crippen LogP contribution >= 0.6 is 11.3 Å². The topological polar surface area (TPSA) is 59.5 Å². The molecule has 3 rings (SSSR count). The van der Waals surface area contributed by atoms with Crippen LogP contribution in [0.4, 0.5) is 4.39 Å². The largest absolute Gasteiger partial charge is 0.451 e. The van der Waals surface area contributed by atoms with Crippen molar-refractivity contribution in [2.45, 2.75) is 20.3 Å². The van der Waals surface area contributed by atoms with Gasteiger partial charge >= 0.3 is 5.97 Å². The Morgan fingerprint density at radius 3 is 2.54 bits per heavy atom. The summed E-state index contributed by atoms with van der Waals surface area (Å²) in [6.45, 7) is 5.36. The molecule has 1 fully saturated rings. The van der Waals surface area contributed by atoms with Crippen molar-refractivity contribution in [2.24, 2.45) is 11.8 Å². The van der Waals surface area contributed by atoms with Gasteiger partial charge in [0, 0.05) is 24.0 Å². The first-order valence-corrected chi connectivity index (χ1v) is 9.46. The minimum absolute atomic E-state index is 0.155. The number of piperidine rings is 1. The van der Waals surface area contributed by atoms with Gasteiger partial charge in [-0.2, -0.15) is 0 Å². The molecule has 1 aromatic heterocycles. The van der Waals surface area contributed by atoms with E-state index in [9.17, 15) is 14.0 Å². The number of carbonyl (C=O) groups is 2. The summed E-state index contributed by atoms with van der Waals surface area (Å²) in [5, 5.41) is 2.18. The Morgan fingerprint density at radius 2 is 1.88 bits per heavy atom. The third kappa shape index (κ3) is 4.46. The van der Waals surface area contributed by atoms with Crippen LogP contribution in [0, 0.1) is 17.7 Å². The second-order valence-corrected chi connectivity index (χ2v) is 7.72. The first-order valence-electron chi connectivity index (χ1n) is 8.58. The van der Waals surface area contributed by atoms with Crippen LogP contribution in [0.5, 0.6) is 0 Å². The summed E-state index contributed by atoms with van der Waals surface area (Å²) in [6, 6.07) is 5.89. The maximum Gasteiger partial charge on any atom is 0.358 e. The minimum Gasteiger partial charge on any atom is -0.451 e. The number of halogens is 1. The van der Waals surface area contributed by atoms with E-state index in [4.69, 9.17) is 4.74 Å². The van der Waals surface area contributed by atoms with Gasteiger partial charge in [-0.15, -0.1) is 11.3 Å². The van der Waals surface area contributed by atoms with E-state index >= 15 is 0 Å². The number of rotatable bonds is 4. The molecule has 0 N–H and O–H groups in total. The number of benzene rings is 1. The number of likely N-dealkylation sites (tertiary alicyclic amines) is 1. The number of carbonyl (C=O) groups excluding carboxylic acids is 2. The van der Waals surface area contributed by atoms with Gasteiger partial charge in [0.05, 0.1) is 0 Å². The SMILES string of the molecule is C[C@H]1C[C@H](C)CN(C(=O)COC(=O)c2csc(-c3ccc(F)cc3)n2)C1. The lowest BCUT2D eigenvalue weighted by Crippen LogP contribution is -2.44. The van der Waals surface area contributed by atoms with Gasteiger partial charge in [-0.25, -0.2) is 14.2 Å². The number of amides is 1. The Balaban J connectivity index is 1.57. The van der Waals surface area contributed by atoms with Gasteiger partial charge in [0.15, 0.2) is 12.3 Å². The molecule has 7 heteroatoms. The smallest absolute Gasteiger partial charge is 0.358 e. The van der Waals surface area contributed by atoms with Gasteiger partial charge < -0.3 is 9.64 Å². The predicted molar refractivity (Wildman–Crippen MR) is 97.3 cm³/mol. The lowest BCUT2D eigenvalue weighted by Gasteiger charge is -2.34. The standard InChI is InChI=1S/C19H21FN2O3S/c1-12-7-13(2)9-22(8-12)17(23)10-25-19(24)16-11-26-18(21-16)14-3-5-15(20)6-4-14/h3-6,11-13H,7-10H2,1-2H3/t12-,13-/m0/s1. The van der Waals surface area contributed by atoms with Crippen molar-refractivity contribution in [1.82, 2.24) is 9.88 Å². The van der Waals surface area contributed by atoms with E-state index in [0.29, 0.717) is 29.9 Å². The fraction of sp³-hybridized carbons (Fsp3) is 0.421. The molecule has 1 saturated heterocycles. The molecule has 1 aromatic carbocycles. The molecule has 2 heterocycles. The van der Waals surface area contributed by atoms with Gasteiger partial charge in [0.2, 0.25) is 0 Å². The number of ether oxygens (including phenoxy) is 1. The van der Waals surface area contributed by atoms with E-state index in [1.165, 1.54) is 23.5 Å². The summed E-state index contributed by atoms with van der Waals surface area (Å²) in [7, 11) is 0. The third-order valence-corrected chi connectivity index (χ3v) is 5.24. The lowest BCUT2D eigenvalue weighted by atomic mass is 9.92. The van der Waals surface area contributed by atoms with Crippen LogP contribution in [0.15, 0.2) is 29.6 Å². The summed E-state index contributed by atoms with van der Waals surface area (Å²) in [5.74, 6) is -0.220. The number of esters is 1. The van der Waals surface area contributed by atoms with Gasteiger partial charge in [0.25, 0.3) is 5.91 Å². The molecule has 0 radical (unpaired) electrons. The second kappa shape index (κ2) is 7.95. The van der Waals surface area contributed by atoms with Crippen LogP contribution in [-0.2, 0) is 9.53 Å². The van der Waals surface area contributed by atoms with E-state index in [-0.39, 0.29) is 24.0 Å². The molecule has 1 amide bonds. The Bertz CT molecular complexity index is 780. The number of nitrogens with zero attached hydrogens (tertiary/aromatic N) is 2. The number of thiazole rings is 1. The zero-order chi connectivity index (χ0) is 18.7. The van der Waals surface area contributed by atoms with Crippen molar-refractivity contribution in [3.8, 4) is 10.6 Å². The Labute approximate surface area is 155 Å². The molecule has 26 heavy (non-hydrogen) atoms. The summed E-state index contributed by atoms with van der Waals surface area (Å²) in [6.07, 6.45) is 1.11. The first kappa shape index (κ1) is 18.5. The number of aromatic nitrogens is 1. The van der Waals surface area contributed by atoms with Gasteiger partial charge in [0.1, 0.15) is 10.8 Å². The highest BCUT2D eigenvalue weighted by Crippen LogP contribution is 2.24. The average molecular weight is 376 g/mol. The highest BCUT2D eigenvalue weighted by Gasteiger charge is 2.26. The molecule has 1 aliphatic rings. The summed E-state index contributed by atoms with van der Waals surface area (Å²) >= 11 is 1.27. The van der Waals surface area contributed by atoms with Gasteiger partial charge in [-0.1, -0.05) is 13.8 Å². The van der Waals surface area contributed by atoms with E-state index in [1.807, 2.05) is 0 Å². The van der Waals surface area contributed by atoms with Crippen molar-refractivity contribution in [3.05, 3.63) is 41.2 Å². The zero-order valence-electron chi connectivity index (χ0n) is 14.8. The molecule has 5 nitrogen and oxygen atoms in total. The van der Waals surface area contributed by atoms with E-state index in [2.05, 4.69) is 18.8 Å². The third-order valence-electron chi connectivity index (χ3n) is 4.35. The molecular formula is C19H21FN2O3S. The van der Waals surface area contributed by atoms with Crippen molar-refractivity contribution in [1.29, 1.82) is 0 Å². The normalized spacial score (nSPS) is 20.0. The molecule has 0 unspecified atom stereocenters. The summed E-state index contributed by atoms with van der Waals surface area (Å²) in [4.78, 5) is 30.4. The first-order chi connectivity index (χ1) is 12.4. The van der Waals surface area contributed by atoms with Crippen LogP contribution < -0.4 is 0 Å². The number of hydrogen-bond acceptors (Lipinski definition) is 5. The van der Waals surface area contributed by atoms with Gasteiger partial charge in [-0.3, -0.25) is 4.79 Å². The zero-order valence-corrected chi connectivity index (χ0v) is 15.6. The van der Waals surface area contributed by atoms with Crippen LogP contribution in [0.25, 0.3) is 10.6 Å². The van der Waals surface area contributed by atoms with E-state index < -0.39 is 5.97 Å². The molecule has 138 valence electrons. The highest BCUT2D eigenvalue weighted by atomic mass is 32.1. The predicted octanol–water partition coefficient (Wildman–Crippen LogP) is 3.61. The second-order valence-electron chi connectivity index (χ2n) is 6.87. The Hall–Kier alpha value is -2.28. The van der Waals surface area contributed by atoms with Crippen LogP contribution in [0.1, 0.15) is 30.8 Å². The fourth-order valence-corrected chi connectivity index (χ4v) is 4.05. The molecule has 0 spiro atoms. The Kier molecular flexibility index (Phi) is 5.66. The van der Waals surface area contributed by atoms with Crippen LogP contribution in [0.3, 0.4) is 0 Å². The molecule has 0 bridgehead atoms. The van der Waals surface area contributed by atoms with Gasteiger partial charge in [-0.05, 0) is 42.5 Å². The van der Waals surface area contributed by atoms with E-state index in [0.717, 1.165) is 12.0 Å². The average Bonchev–Trinajstić information content (AvgIpc) is 3.09. The van der Waals surface area contributed by atoms with Crippen LogP contribution in [0.2, 0.25) is 0 Å². The van der Waals surface area contributed by atoms with Crippen LogP contribution in [-0.4, -0.2) is 41.5 Å². The molecule has 2 aromatic rings. The molecule has 2 atom stereocenters. The maximum absolute atomic E-state index is 13.0. The fourth-order valence-electron chi connectivity index (χ4n) is 3.25. The summed E-state index contributed by atoms with van der Waals surface area (Å²) in [5.41, 5.74) is 0.880. The monoisotopic (exact) mass is 376 g/mol. The van der Waals surface area contributed by atoms with Crippen molar-refractivity contribution >= 4 is 23.2 Å². The Morgan fingerprint density at radius 1 is 1.23 bits per heavy atom. The molecule has 0 aliphatic carbocycles. The lowest BCUT2D eigenvalue weighted by molar-refractivity contribution is -0.137. The minimum atomic E-state index is -0.624. The van der Waals surface area contributed by atoms with E-state index in [1.54, 1.807) is 22.4 Å². The quantitative estimate of drug-likeness (QED) is 0.765. The molecular weight excluding hydrogens is 355 g/mol. The van der Waals surface area contributed by atoms with Crippen molar-refractivity contribution in [2.75, 3.05) is 19.7 Å². The molecule has 1 aliphatic heterocycles. The van der Waals surface area contributed by atoms with Crippen molar-refractivity contribution in [3.63, 3.8) is 0 Å².